The Balaban J connectivity index is 0.00000484. The van der Waals surface area contributed by atoms with E-state index in [-0.39, 0.29) is 24.9 Å². The minimum Gasteiger partial charge on any atom is -0.496 e. The van der Waals surface area contributed by atoms with Crippen LogP contribution in [0.25, 0.3) is 0 Å². The van der Waals surface area contributed by atoms with E-state index in [2.05, 4.69) is 6.58 Å². The van der Waals surface area contributed by atoms with Crippen molar-refractivity contribution in [1.82, 2.24) is 0 Å². The molecule has 2 nitrogen and oxygen atoms in total. The first-order chi connectivity index (χ1) is 9.87. The molecule has 0 bridgehead atoms. The van der Waals surface area contributed by atoms with Gasteiger partial charge in [0.25, 0.3) is 0 Å². The third-order valence-corrected chi connectivity index (χ3v) is 2.93. The summed E-state index contributed by atoms with van der Waals surface area (Å²) in [6.07, 6.45) is -9.92. The highest BCUT2D eigenvalue weighted by Crippen LogP contribution is 2.44. The standard InChI is InChI=1S/C14H15F6NO.ClH/c1-7(2)4-10(21)12-9(14(18,19)20)5-8(13(15,16)17)6-11(12)22-3;/h5-6,10H,1,4,21H2,2-3H3;1H/t10-;/m1./s1. The molecule has 0 spiro atoms. The third kappa shape index (κ3) is 5.31. The molecule has 0 aliphatic heterocycles. The van der Waals surface area contributed by atoms with Gasteiger partial charge in [0.15, 0.2) is 0 Å². The molecule has 0 radical (unpaired) electrons. The Morgan fingerprint density at radius 3 is 2.04 bits per heavy atom. The molecule has 0 heterocycles. The van der Waals surface area contributed by atoms with Crippen molar-refractivity contribution < 1.29 is 31.1 Å². The van der Waals surface area contributed by atoms with Gasteiger partial charge in [-0.1, -0.05) is 5.57 Å². The summed E-state index contributed by atoms with van der Waals surface area (Å²) in [7, 11) is 0.993. The average molecular weight is 364 g/mol. The Hall–Kier alpha value is -1.41. The van der Waals surface area contributed by atoms with Crippen molar-refractivity contribution in [3.8, 4) is 5.75 Å². The van der Waals surface area contributed by atoms with Crippen LogP contribution in [0, 0.1) is 0 Å². The summed E-state index contributed by atoms with van der Waals surface area (Å²) < 4.78 is 82.3. The molecule has 0 aliphatic carbocycles. The van der Waals surface area contributed by atoms with Gasteiger partial charge in [0.2, 0.25) is 0 Å². The number of methoxy groups -OCH3 is 1. The highest BCUT2D eigenvalue weighted by Gasteiger charge is 2.41. The zero-order valence-electron chi connectivity index (χ0n) is 12.3. The van der Waals surface area contributed by atoms with E-state index in [0.717, 1.165) is 7.11 Å². The monoisotopic (exact) mass is 363 g/mol. The van der Waals surface area contributed by atoms with Crippen LogP contribution >= 0.6 is 12.4 Å². The summed E-state index contributed by atoms with van der Waals surface area (Å²) in [5, 5.41) is 0. The van der Waals surface area contributed by atoms with Crippen LogP contribution in [0.2, 0.25) is 0 Å². The molecule has 132 valence electrons. The first kappa shape index (κ1) is 21.6. The molecule has 0 fully saturated rings. The molecule has 0 saturated heterocycles. The number of alkyl halides is 6. The Labute approximate surface area is 135 Å². The summed E-state index contributed by atoms with van der Waals surface area (Å²) in [4.78, 5) is 0. The lowest BCUT2D eigenvalue weighted by Crippen LogP contribution is -2.20. The van der Waals surface area contributed by atoms with Crippen LogP contribution in [0.15, 0.2) is 24.3 Å². The number of hydrogen-bond donors (Lipinski definition) is 1. The molecule has 0 unspecified atom stereocenters. The molecule has 0 saturated carbocycles. The van der Waals surface area contributed by atoms with Crippen LogP contribution in [-0.4, -0.2) is 7.11 Å². The van der Waals surface area contributed by atoms with Gasteiger partial charge in [-0.3, -0.25) is 0 Å². The second kappa shape index (κ2) is 7.44. The highest BCUT2D eigenvalue weighted by atomic mass is 35.5. The van der Waals surface area contributed by atoms with Gasteiger partial charge in [-0.05, 0) is 25.5 Å². The predicted molar refractivity (Wildman–Crippen MR) is 76.6 cm³/mol. The molecule has 0 aromatic heterocycles. The van der Waals surface area contributed by atoms with Gasteiger partial charge < -0.3 is 10.5 Å². The minimum atomic E-state index is -4.99. The first-order valence-electron chi connectivity index (χ1n) is 6.14. The van der Waals surface area contributed by atoms with E-state index in [1.807, 2.05) is 0 Å². The second-order valence-corrected chi connectivity index (χ2v) is 4.90. The second-order valence-electron chi connectivity index (χ2n) is 4.90. The van der Waals surface area contributed by atoms with Crippen molar-refractivity contribution in [2.75, 3.05) is 7.11 Å². The fraction of sp³-hybridized carbons (Fsp3) is 0.429. The lowest BCUT2D eigenvalue weighted by molar-refractivity contribution is -0.143. The Kier molecular flexibility index (Phi) is 6.98. The van der Waals surface area contributed by atoms with Gasteiger partial charge in [0.1, 0.15) is 5.75 Å². The number of rotatable bonds is 4. The Morgan fingerprint density at radius 2 is 1.70 bits per heavy atom. The van der Waals surface area contributed by atoms with E-state index >= 15 is 0 Å². The van der Waals surface area contributed by atoms with Gasteiger partial charge in [0.05, 0.1) is 18.2 Å². The van der Waals surface area contributed by atoms with E-state index in [9.17, 15) is 26.3 Å². The maximum Gasteiger partial charge on any atom is 0.416 e. The maximum absolute atomic E-state index is 13.1. The Bertz CT molecular complexity index is 568. The van der Waals surface area contributed by atoms with Crippen LogP contribution in [0.3, 0.4) is 0 Å². The molecule has 1 rings (SSSR count). The summed E-state index contributed by atoms with van der Waals surface area (Å²) in [6.45, 7) is 5.10. The van der Waals surface area contributed by atoms with Crippen molar-refractivity contribution in [1.29, 1.82) is 0 Å². The van der Waals surface area contributed by atoms with E-state index < -0.39 is 40.8 Å². The third-order valence-electron chi connectivity index (χ3n) is 2.93. The van der Waals surface area contributed by atoms with Crippen LogP contribution in [0.4, 0.5) is 26.3 Å². The number of halogens is 7. The van der Waals surface area contributed by atoms with Crippen LogP contribution < -0.4 is 10.5 Å². The number of benzene rings is 1. The molecule has 2 N–H and O–H groups in total. The fourth-order valence-electron chi connectivity index (χ4n) is 2.05. The van der Waals surface area contributed by atoms with Gasteiger partial charge in [-0.2, -0.15) is 26.3 Å². The molecule has 1 aromatic carbocycles. The molecule has 0 aliphatic rings. The minimum absolute atomic E-state index is 0. The van der Waals surface area contributed by atoms with Crippen molar-refractivity contribution in [3.05, 3.63) is 41.0 Å². The highest BCUT2D eigenvalue weighted by molar-refractivity contribution is 5.85. The van der Waals surface area contributed by atoms with Gasteiger partial charge >= 0.3 is 12.4 Å². The molecule has 0 amide bonds. The zero-order chi connectivity index (χ0) is 17.3. The summed E-state index contributed by atoms with van der Waals surface area (Å²) in [5.41, 5.74) is 2.81. The SMILES string of the molecule is C=C(C)C[C@@H](N)c1c(OC)cc(C(F)(F)F)cc1C(F)(F)F.Cl. The topological polar surface area (TPSA) is 35.2 Å². The number of hydrogen-bond acceptors (Lipinski definition) is 2. The maximum atomic E-state index is 13.1. The molecule has 23 heavy (non-hydrogen) atoms. The van der Waals surface area contributed by atoms with Crippen LogP contribution in [-0.2, 0) is 12.4 Å². The molecular weight excluding hydrogens is 348 g/mol. The predicted octanol–water partition coefficient (Wildman–Crippen LogP) is 5.12. The van der Waals surface area contributed by atoms with Gasteiger partial charge in [-0.25, -0.2) is 0 Å². The van der Waals surface area contributed by atoms with Gasteiger partial charge in [-0.15, -0.1) is 19.0 Å². The number of ether oxygens (including phenoxy) is 1. The summed E-state index contributed by atoms with van der Waals surface area (Å²) >= 11 is 0. The van der Waals surface area contributed by atoms with Crippen molar-refractivity contribution in [3.63, 3.8) is 0 Å². The quantitative estimate of drug-likeness (QED) is 0.595. The van der Waals surface area contributed by atoms with Gasteiger partial charge in [0, 0.05) is 11.6 Å². The zero-order valence-corrected chi connectivity index (χ0v) is 13.1. The first-order valence-corrected chi connectivity index (χ1v) is 6.14. The molecular formula is C14H16ClF6NO. The van der Waals surface area contributed by atoms with Crippen molar-refractivity contribution >= 4 is 12.4 Å². The van der Waals surface area contributed by atoms with Crippen LogP contribution in [0.1, 0.15) is 36.1 Å². The molecule has 9 heteroatoms. The van der Waals surface area contributed by atoms with E-state index in [1.54, 1.807) is 6.92 Å². The van der Waals surface area contributed by atoms with Crippen molar-refractivity contribution in [2.45, 2.75) is 31.7 Å². The lowest BCUT2D eigenvalue weighted by atomic mass is 9.93. The van der Waals surface area contributed by atoms with Crippen molar-refractivity contribution in [2.24, 2.45) is 5.73 Å². The van der Waals surface area contributed by atoms with Crippen LogP contribution in [0.5, 0.6) is 5.75 Å². The largest absolute Gasteiger partial charge is 0.496 e. The normalized spacial score (nSPS) is 13.3. The molecule has 1 atom stereocenters. The van der Waals surface area contributed by atoms with E-state index in [4.69, 9.17) is 10.5 Å². The smallest absolute Gasteiger partial charge is 0.416 e. The summed E-state index contributed by atoms with van der Waals surface area (Å²) in [6, 6.07) is -0.606. The van der Waals surface area contributed by atoms with E-state index in [0.29, 0.717) is 11.6 Å². The van der Waals surface area contributed by atoms with E-state index in [1.165, 1.54) is 0 Å². The summed E-state index contributed by atoms with van der Waals surface area (Å²) in [5.74, 6) is -0.545. The number of nitrogens with two attached hydrogens (primary N) is 1. The fourth-order valence-corrected chi connectivity index (χ4v) is 2.05. The average Bonchev–Trinajstić information content (AvgIpc) is 2.33. The Morgan fingerprint density at radius 1 is 1.17 bits per heavy atom. The lowest BCUT2D eigenvalue weighted by Gasteiger charge is -2.23. The molecule has 1 aromatic rings.